The van der Waals surface area contributed by atoms with Crippen molar-refractivity contribution < 1.29 is 27.2 Å². The molecule has 3 rings (SSSR count). The molecule has 31 heavy (non-hydrogen) atoms. The molecule has 8 heteroatoms. The van der Waals surface area contributed by atoms with E-state index in [2.05, 4.69) is 10.6 Å². The highest BCUT2D eigenvalue weighted by atomic mass is 19.4. The Bertz CT molecular complexity index is 1060. The lowest BCUT2D eigenvalue weighted by Gasteiger charge is -2.10. The highest BCUT2D eigenvalue weighted by Gasteiger charge is 2.29. The summed E-state index contributed by atoms with van der Waals surface area (Å²) in [6.07, 6.45) is -4.48. The van der Waals surface area contributed by atoms with Crippen molar-refractivity contribution in [2.45, 2.75) is 19.1 Å². The van der Waals surface area contributed by atoms with Crippen LogP contribution in [-0.4, -0.2) is 11.8 Å². The molecular weight excluding hydrogens is 412 g/mol. The summed E-state index contributed by atoms with van der Waals surface area (Å²) in [6.45, 7) is 0.180. The number of halogens is 4. The van der Waals surface area contributed by atoms with Gasteiger partial charge in [-0.25, -0.2) is 4.39 Å². The summed E-state index contributed by atoms with van der Waals surface area (Å²) in [4.78, 5) is 24.3. The number of hydrogen-bond donors (Lipinski definition) is 2. The summed E-state index contributed by atoms with van der Waals surface area (Å²) in [5.41, 5.74) is 1.22. The first-order chi connectivity index (χ1) is 14.7. The minimum absolute atomic E-state index is 0.0564. The van der Waals surface area contributed by atoms with E-state index in [9.17, 15) is 27.2 Å². The standard InChI is InChI=1S/C23H18F4N2O2/c24-19-10-6-17(7-11-19)22(31)29-20-3-1-2-16(12-20)14-28-21(30)13-15-4-8-18(9-5-15)23(25,26)27/h1-12H,13-14H2,(H,28,30)(H,29,31). The van der Waals surface area contributed by atoms with Gasteiger partial charge < -0.3 is 10.6 Å². The van der Waals surface area contributed by atoms with Crippen LogP contribution in [0, 0.1) is 5.82 Å². The number of hydrogen-bond acceptors (Lipinski definition) is 2. The Balaban J connectivity index is 1.54. The van der Waals surface area contributed by atoms with Gasteiger partial charge in [0.15, 0.2) is 0 Å². The molecule has 0 aromatic heterocycles. The summed E-state index contributed by atoms with van der Waals surface area (Å²) in [5.74, 6) is -1.19. The molecule has 3 aromatic carbocycles. The van der Waals surface area contributed by atoms with Crippen molar-refractivity contribution in [1.29, 1.82) is 0 Å². The predicted octanol–water partition coefficient (Wildman–Crippen LogP) is 4.96. The maximum atomic E-state index is 13.0. The molecule has 160 valence electrons. The molecule has 0 spiro atoms. The Labute approximate surface area is 175 Å². The van der Waals surface area contributed by atoms with Crippen LogP contribution in [0.25, 0.3) is 0 Å². The number of carbonyl (C=O) groups is 2. The van der Waals surface area contributed by atoms with Crippen LogP contribution >= 0.6 is 0 Å². The third-order valence-corrected chi connectivity index (χ3v) is 4.43. The van der Waals surface area contributed by atoms with Gasteiger partial charge in [0, 0.05) is 17.8 Å². The van der Waals surface area contributed by atoms with E-state index in [1.54, 1.807) is 24.3 Å². The van der Waals surface area contributed by atoms with Gasteiger partial charge in [-0.3, -0.25) is 9.59 Å². The second kappa shape index (κ2) is 9.42. The third kappa shape index (κ3) is 6.40. The topological polar surface area (TPSA) is 58.2 Å². The zero-order chi connectivity index (χ0) is 22.4. The van der Waals surface area contributed by atoms with E-state index in [1.165, 1.54) is 36.4 Å². The maximum Gasteiger partial charge on any atom is 0.416 e. The van der Waals surface area contributed by atoms with Gasteiger partial charge in [0.25, 0.3) is 5.91 Å². The SMILES string of the molecule is O=C(Cc1ccc(C(F)(F)F)cc1)NCc1cccc(NC(=O)c2ccc(F)cc2)c1. The fourth-order valence-corrected chi connectivity index (χ4v) is 2.82. The Morgan fingerprint density at radius 2 is 1.52 bits per heavy atom. The molecule has 0 aliphatic carbocycles. The number of benzene rings is 3. The molecule has 0 unspecified atom stereocenters. The van der Waals surface area contributed by atoms with Crippen molar-refractivity contribution in [1.82, 2.24) is 5.32 Å². The first-order valence-electron chi connectivity index (χ1n) is 9.29. The molecule has 0 radical (unpaired) electrons. The lowest BCUT2D eigenvalue weighted by Crippen LogP contribution is -2.24. The van der Waals surface area contributed by atoms with Crippen molar-refractivity contribution in [3.8, 4) is 0 Å². The van der Waals surface area contributed by atoms with E-state index in [0.29, 0.717) is 16.8 Å². The fraction of sp³-hybridized carbons (Fsp3) is 0.130. The molecule has 0 aliphatic rings. The molecule has 4 nitrogen and oxygen atoms in total. The van der Waals surface area contributed by atoms with E-state index in [1.807, 2.05) is 0 Å². The van der Waals surface area contributed by atoms with Crippen LogP contribution in [0.15, 0.2) is 72.8 Å². The van der Waals surface area contributed by atoms with Crippen LogP contribution in [-0.2, 0) is 23.9 Å². The normalized spacial score (nSPS) is 11.1. The molecule has 0 heterocycles. The first-order valence-corrected chi connectivity index (χ1v) is 9.29. The Morgan fingerprint density at radius 3 is 2.16 bits per heavy atom. The Morgan fingerprint density at radius 1 is 0.839 bits per heavy atom. The van der Waals surface area contributed by atoms with Crippen molar-refractivity contribution in [3.05, 3.63) is 101 Å². The quantitative estimate of drug-likeness (QED) is 0.544. The summed E-state index contributed by atoms with van der Waals surface area (Å²) < 4.78 is 50.8. The fourth-order valence-electron chi connectivity index (χ4n) is 2.82. The number of nitrogens with one attached hydrogen (secondary N) is 2. The van der Waals surface area contributed by atoms with Gasteiger partial charge in [-0.2, -0.15) is 13.2 Å². The van der Waals surface area contributed by atoms with Crippen LogP contribution in [0.5, 0.6) is 0 Å². The highest BCUT2D eigenvalue weighted by Crippen LogP contribution is 2.29. The highest BCUT2D eigenvalue weighted by molar-refractivity contribution is 6.04. The summed E-state index contributed by atoms with van der Waals surface area (Å²) in [7, 11) is 0. The Kier molecular flexibility index (Phi) is 6.69. The largest absolute Gasteiger partial charge is 0.416 e. The molecule has 3 aromatic rings. The molecule has 2 amide bonds. The van der Waals surface area contributed by atoms with Crippen LogP contribution in [0.4, 0.5) is 23.2 Å². The van der Waals surface area contributed by atoms with Gasteiger partial charge in [0.2, 0.25) is 5.91 Å². The van der Waals surface area contributed by atoms with Gasteiger partial charge >= 0.3 is 6.18 Å². The predicted molar refractivity (Wildman–Crippen MR) is 108 cm³/mol. The summed E-state index contributed by atoms with van der Waals surface area (Å²) in [6, 6.07) is 16.4. The minimum atomic E-state index is -4.42. The average Bonchev–Trinajstić information content (AvgIpc) is 2.73. The van der Waals surface area contributed by atoms with Gasteiger partial charge in [0.05, 0.1) is 12.0 Å². The van der Waals surface area contributed by atoms with E-state index in [-0.39, 0.29) is 18.9 Å². The van der Waals surface area contributed by atoms with Crippen LogP contribution in [0.3, 0.4) is 0 Å². The van der Waals surface area contributed by atoms with Gasteiger partial charge in [0.1, 0.15) is 5.82 Å². The second-order valence-corrected chi connectivity index (χ2v) is 6.81. The number of alkyl halides is 3. The van der Waals surface area contributed by atoms with Crippen molar-refractivity contribution >= 4 is 17.5 Å². The number of carbonyl (C=O) groups excluding carboxylic acids is 2. The number of anilines is 1. The molecule has 2 N–H and O–H groups in total. The van der Waals surface area contributed by atoms with E-state index in [0.717, 1.165) is 17.7 Å². The molecule has 0 bridgehead atoms. The van der Waals surface area contributed by atoms with E-state index in [4.69, 9.17) is 0 Å². The number of amides is 2. The van der Waals surface area contributed by atoms with Gasteiger partial charge in [-0.15, -0.1) is 0 Å². The van der Waals surface area contributed by atoms with E-state index >= 15 is 0 Å². The molecule has 0 atom stereocenters. The molecular formula is C23H18F4N2O2. The molecule has 0 aliphatic heterocycles. The van der Waals surface area contributed by atoms with Crippen molar-refractivity contribution in [2.24, 2.45) is 0 Å². The smallest absolute Gasteiger partial charge is 0.352 e. The van der Waals surface area contributed by atoms with Gasteiger partial charge in [-0.05, 0) is 59.7 Å². The van der Waals surface area contributed by atoms with Crippen LogP contribution in [0.1, 0.15) is 27.0 Å². The molecule has 0 saturated carbocycles. The lowest BCUT2D eigenvalue weighted by molar-refractivity contribution is -0.137. The summed E-state index contributed by atoms with van der Waals surface area (Å²) in [5, 5.41) is 5.39. The minimum Gasteiger partial charge on any atom is -0.352 e. The van der Waals surface area contributed by atoms with E-state index < -0.39 is 23.5 Å². The maximum absolute atomic E-state index is 13.0. The zero-order valence-corrected chi connectivity index (χ0v) is 16.2. The molecule has 0 saturated heterocycles. The third-order valence-electron chi connectivity index (χ3n) is 4.43. The lowest BCUT2D eigenvalue weighted by atomic mass is 10.1. The molecule has 0 fully saturated rings. The number of rotatable bonds is 6. The van der Waals surface area contributed by atoms with Crippen LogP contribution in [0.2, 0.25) is 0 Å². The van der Waals surface area contributed by atoms with Crippen molar-refractivity contribution in [3.63, 3.8) is 0 Å². The van der Waals surface area contributed by atoms with Crippen LogP contribution < -0.4 is 10.6 Å². The van der Waals surface area contributed by atoms with Crippen molar-refractivity contribution in [2.75, 3.05) is 5.32 Å². The second-order valence-electron chi connectivity index (χ2n) is 6.81. The summed E-state index contributed by atoms with van der Waals surface area (Å²) >= 11 is 0. The monoisotopic (exact) mass is 430 g/mol. The van der Waals surface area contributed by atoms with Gasteiger partial charge in [-0.1, -0.05) is 24.3 Å². The average molecular weight is 430 g/mol. The first kappa shape index (κ1) is 22.0. The zero-order valence-electron chi connectivity index (χ0n) is 16.2. The Hall–Kier alpha value is -3.68.